The quantitative estimate of drug-likeness (QED) is 0.370. The summed E-state index contributed by atoms with van der Waals surface area (Å²) in [5.41, 5.74) is 4.46. The molecule has 0 amide bonds. The van der Waals surface area contributed by atoms with Gasteiger partial charge in [-0.15, -0.1) is 24.0 Å². The number of rotatable bonds is 6. The number of aliphatic imine (C=N–C) groups is 1. The third kappa shape index (κ3) is 5.77. The van der Waals surface area contributed by atoms with E-state index in [2.05, 4.69) is 27.6 Å². The molecule has 6 nitrogen and oxygen atoms in total. The van der Waals surface area contributed by atoms with Gasteiger partial charge in [0.2, 0.25) is 0 Å². The molecule has 0 aliphatic carbocycles. The third-order valence-electron chi connectivity index (χ3n) is 4.26. The zero-order valence-corrected chi connectivity index (χ0v) is 19.0. The fourth-order valence-corrected chi connectivity index (χ4v) is 2.90. The highest BCUT2D eigenvalue weighted by atomic mass is 127. The molecule has 0 spiro atoms. The minimum atomic E-state index is 0. The Morgan fingerprint density at radius 3 is 2.58 bits per heavy atom. The van der Waals surface area contributed by atoms with Crippen LogP contribution >= 0.6 is 35.6 Å². The van der Waals surface area contributed by atoms with E-state index in [1.165, 1.54) is 5.56 Å². The lowest BCUT2D eigenvalue weighted by molar-refractivity contribution is 0.414. The highest BCUT2D eigenvalue weighted by Gasteiger charge is 2.10. The SMILES string of the molecule is CN=C(NCCc1ccc(OC)cc1Cl)NCc1c(C)nn(C)c1C.I. The largest absolute Gasteiger partial charge is 0.497 e. The van der Waals surface area contributed by atoms with E-state index in [1.54, 1.807) is 14.2 Å². The standard InChI is InChI=1S/C18H26ClN5O.HI/c1-12-16(13(2)24(4)23-12)11-22-18(20-3)21-9-8-14-6-7-15(25-5)10-17(14)19;/h6-7,10H,8-9,11H2,1-5H3,(H2,20,21,22);1H. The number of guanidine groups is 1. The van der Waals surface area contributed by atoms with Gasteiger partial charge < -0.3 is 15.4 Å². The molecular weight excluding hydrogens is 465 g/mol. The minimum absolute atomic E-state index is 0. The number of aryl methyl sites for hydroxylation is 2. The van der Waals surface area contributed by atoms with Gasteiger partial charge in [0, 0.05) is 43.5 Å². The van der Waals surface area contributed by atoms with Crippen molar-refractivity contribution in [1.82, 2.24) is 20.4 Å². The van der Waals surface area contributed by atoms with E-state index in [4.69, 9.17) is 16.3 Å². The molecule has 2 rings (SSSR count). The first-order valence-electron chi connectivity index (χ1n) is 8.22. The van der Waals surface area contributed by atoms with Crippen LogP contribution in [0, 0.1) is 13.8 Å². The Morgan fingerprint density at radius 2 is 2.04 bits per heavy atom. The molecule has 0 bridgehead atoms. The van der Waals surface area contributed by atoms with Crippen LogP contribution in [0.5, 0.6) is 5.75 Å². The topological polar surface area (TPSA) is 63.5 Å². The molecule has 0 aliphatic heterocycles. The van der Waals surface area contributed by atoms with Crippen molar-refractivity contribution in [2.45, 2.75) is 26.8 Å². The fourth-order valence-electron chi connectivity index (χ4n) is 2.64. The second-order valence-electron chi connectivity index (χ2n) is 5.83. The number of ether oxygens (including phenoxy) is 1. The molecule has 2 N–H and O–H groups in total. The van der Waals surface area contributed by atoms with Gasteiger partial charge in [0.25, 0.3) is 0 Å². The maximum atomic E-state index is 6.27. The second-order valence-corrected chi connectivity index (χ2v) is 6.24. The second kappa shape index (κ2) is 10.6. The number of hydrogen-bond donors (Lipinski definition) is 2. The third-order valence-corrected chi connectivity index (χ3v) is 4.61. The number of aromatic nitrogens is 2. The Morgan fingerprint density at radius 1 is 1.31 bits per heavy atom. The Kier molecular flexibility index (Phi) is 9.21. The van der Waals surface area contributed by atoms with E-state index in [9.17, 15) is 0 Å². The summed E-state index contributed by atoms with van der Waals surface area (Å²) in [6.07, 6.45) is 0.800. The zero-order valence-electron chi connectivity index (χ0n) is 15.9. The first-order chi connectivity index (χ1) is 12.0. The predicted molar refractivity (Wildman–Crippen MR) is 118 cm³/mol. The molecule has 1 heterocycles. The van der Waals surface area contributed by atoms with E-state index in [0.29, 0.717) is 11.6 Å². The molecule has 26 heavy (non-hydrogen) atoms. The van der Waals surface area contributed by atoms with Crippen molar-refractivity contribution >= 4 is 41.5 Å². The molecule has 144 valence electrons. The Bertz CT molecular complexity index is 760. The lowest BCUT2D eigenvalue weighted by Gasteiger charge is -2.13. The van der Waals surface area contributed by atoms with Crippen LogP contribution in [0.25, 0.3) is 0 Å². The summed E-state index contributed by atoms with van der Waals surface area (Å²) in [6, 6.07) is 5.74. The molecule has 0 saturated carbocycles. The number of halogens is 2. The number of benzene rings is 1. The summed E-state index contributed by atoms with van der Waals surface area (Å²) < 4.78 is 7.07. The van der Waals surface area contributed by atoms with Crippen molar-refractivity contribution in [2.24, 2.45) is 12.0 Å². The van der Waals surface area contributed by atoms with Crippen LogP contribution in [-0.4, -0.2) is 36.4 Å². The molecule has 0 saturated heterocycles. The van der Waals surface area contributed by atoms with Crippen molar-refractivity contribution in [2.75, 3.05) is 20.7 Å². The molecule has 2 aromatic rings. The number of methoxy groups -OCH3 is 1. The summed E-state index contributed by atoms with van der Waals surface area (Å²) >= 11 is 6.27. The van der Waals surface area contributed by atoms with Gasteiger partial charge >= 0.3 is 0 Å². The van der Waals surface area contributed by atoms with E-state index < -0.39 is 0 Å². The first kappa shape index (κ1) is 22.6. The monoisotopic (exact) mass is 491 g/mol. The number of hydrogen-bond acceptors (Lipinski definition) is 3. The smallest absolute Gasteiger partial charge is 0.191 e. The van der Waals surface area contributed by atoms with Gasteiger partial charge in [-0.25, -0.2) is 0 Å². The molecule has 8 heteroatoms. The molecule has 1 aromatic heterocycles. The summed E-state index contributed by atoms with van der Waals surface area (Å²) in [6.45, 7) is 5.51. The predicted octanol–water partition coefficient (Wildman–Crippen LogP) is 3.22. The Labute approximate surface area is 177 Å². The maximum absolute atomic E-state index is 6.27. The Hall–Kier alpha value is -1.48. The van der Waals surface area contributed by atoms with Gasteiger partial charge in [0.05, 0.1) is 12.8 Å². The molecule has 0 aliphatic rings. The highest BCUT2D eigenvalue weighted by Crippen LogP contribution is 2.22. The first-order valence-corrected chi connectivity index (χ1v) is 8.60. The van der Waals surface area contributed by atoms with Gasteiger partial charge in [0.15, 0.2) is 5.96 Å². The molecule has 0 unspecified atom stereocenters. The van der Waals surface area contributed by atoms with Crippen molar-refractivity contribution in [1.29, 1.82) is 0 Å². The van der Waals surface area contributed by atoms with E-state index >= 15 is 0 Å². The van der Waals surface area contributed by atoms with Crippen LogP contribution < -0.4 is 15.4 Å². The average Bonchev–Trinajstić information content (AvgIpc) is 2.84. The van der Waals surface area contributed by atoms with Gasteiger partial charge in [0.1, 0.15) is 5.75 Å². The molecule has 0 fully saturated rings. The summed E-state index contributed by atoms with van der Waals surface area (Å²) in [5, 5.41) is 11.8. The van der Waals surface area contributed by atoms with Crippen molar-refractivity contribution in [3.63, 3.8) is 0 Å². The normalized spacial score (nSPS) is 11.1. The molecule has 1 aromatic carbocycles. The van der Waals surface area contributed by atoms with E-state index in [1.807, 2.05) is 36.9 Å². The van der Waals surface area contributed by atoms with E-state index in [-0.39, 0.29) is 24.0 Å². The van der Waals surface area contributed by atoms with Gasteiger partial charge in [-0.1, -0.05) is 17.7 Å². The van der Waals surface area contributed by atoms with Crippen LogP contribution in [0.4, 0.5) is 0 Å². The minimum Gasteiger partial charge on any atom is -0.497 e. The van der Waals surface area contributed by atoms with Crippen LogP contribution in [-0.2, 0) is 20.0 Å². The molecule has 0 radical (unpaired) electrons. The fraction of sp³-hybridized carbons (Fsp3) is 0.444. The van der Waals surface area contributed by atoms with Crippen LogP contribution in [0.15, 0.2) is 23.2 Å². The van der Waals surface area contributed by atoms with Crippen molar-refractivity contribution < 1.29 is 4.74 Å². The summed E-state index contributed by atoms with van der Waals surface area (Å²) in [4.78, 5) is 4.26. The zero-order chi connectivity index (χ0) is 18.4. The van der Waals surface area contributed by atoms with Crippen LogP contribution in [0.2, 0.25) is 5.02 Å². The number of nitrogens with one attached hydrogen (secondary N) is 2. The summed E-state index contributed by atoms with van der Waals surface area (Å²) in [5.74, 6) is 1.52. The average molecular weight is 492 g/mol. The summed E-state index contributed by atoms with van der Waals surface area (Å²) in [7, 11) is 5.35. The van der Waals surface area contributed by atoms with Gasteiger partial charge in [-0.2, -0.15) is 5.10 Å². The van der Waals surface area contributed by atoms with Crippen LogP contribution in [0.3, 0.4) is 0 Å². The van der Waals surface area contributed by atoms with E-state index in [0.717, 1.165) is 41.6 Å². The van der Waals surface area contributed by atoms with Crippen LogP contribution in [0.1, 0.15) is 22.5 Å². The molecule has 0 atom stereocenters. The van der Waals surface area contributed by atoms with Gasteiger partial charge in [-0.3, -0.25) is 9.67 Å². The lowest BCUT2D eigenvalue weighted by atomic mass is 10.1. The lowest BCUT2D eigenvalue weighted by Crippen LogP contribution is -2.38. The van der Waals surface area contributed by atoms with Gasteiger partial charge in [-0.05, 0) is 38.0 Å². The van der Waals surface area contributed by atoms with Crippen molar-refractivity contribution in [3.05, 3.63) is 45.7 Å². The van der Waals surface area contributed by atoms with Crippen molar-refractivity contribution in [3.8, 4) is 5.75 Å². The maximum Gasteiger partial charge on any atom is 0.191 e. The Balaban J connectivity index is 0.00000338. The highest BCUT2D eigenvalue weighted by molar-refractivity contribution is 14.0. The molecular formula is C18H27ClIN5O. The number of nitrogens with zero attached hydrogens (tertiary/aromatic N) is 3.